The van der Waals surface area contributed by atoms with Crippen molar-refractivity contribution in [2.24, 2.45) is 0 Å². The number of aromatic amines is 1. The Morgan fingerprint density at radius 3 is 2.40 bits per heavy atom. The summed E-state index contributed by atoms with van der Waals surface area (Å²) in [4.78, 5) is 34.1. The molecule has 4 aliphatic heterocycles. The maximum Gasteiger partial charge on any atom is 0.318 e. The molecule has 1 unspecified atom stereocenters. The third-order valence-electron chi connectivity index (χ3n) is 10.6. The van der Waals surface area contributed by atoms with Crippen LogP contribution >= 0.6 is 0 Å². The first-order chi connectivity index (χ1) is 22.7. The number of aromatic nitrogens is 2. The van der Waals surface area contributed by atoms with Crippen molar-refractivity contribution >= 4 is 38.7 Å². The first-order valence-corrected chi connectivity index (χ1v) is 18.6. The van der Waals surface area contributed by atoms with Gasteiger partial charge in [0.25, 0.3) is 0 Å². The molecule has 3 saturated heterocycles. The quantitative estimate of drug-likeness (QED) is 0.370. The van der Waals surface area contributed by atoms with E-state index in [9.17, 15) is 18.0 Å². The van der Waals surface area contributed by atoms with Gasteiger partial charge in [0.2, 0.25) is 5.91 Å². The lowest BCUT2D eigenvalue weighted by atomic mass is 9.97. The van der Waals surface area contributed by atoms with Gasteiger partial charge in [-0.1, -0.05) is 30.7 Å². The van der Waals surface area contributed by atoms with E-state index in [0.29, 0.717) is 63.7 Å². The molecule has 12 nitrogen and oxygen atoms in total. The van der Waals surface area contributed by atoms with Gasteiger partial charge in [0.15, 0.2) is 0 Å². The van der Waals surface area contributed by atoms with Gasteiger partial charge in [0.1, 0.15) is 6.04 Å². The van der Waals surface area contributed by atoms with Crippen LogP contribution in [0.4, 0.5) is 10.5 Å². The average molecular weight is 663 g/mol. The van der Waals surface area contributed by atoms with E-state index < -0.39 is 16.3 Å². The molecule has 3 N–H and O–H groups in total. The van der Waals surface area contributed by atoms with Crippen molar-refractivity contribution in [2.75, 3.05) is 44.0 Å². The number of hydrogen-bond donors (Lipinski definition) is 3. The highest BCUT2D eigenvalue weighted by Crippen LogP contribution is 2.31. The molecule has 0 radical (unpaired) electrons. The number of fused-ring (bicyclic) bond motifs is 2. The van der Waals surface area contributed by atoms with E-state index in [1.165, 1.54) is 23.6 Å². The zero-order valence-electron chi connectivity index (χ0n) is 27.2. The minimum Gasteiger partial charge on any atom is -0.341 e. The van der Waals surface area contributed by atoms with Gasteiger partial charge >= 0.3 is 16.2 Å². The van der Waals surface area contributed by atoms with Crippen LogP contribution in [0.1, 0.15) is 61.6 Å². The largest absolute Gasteiger partial charge is 0.341 e. The van der Waals surface area contributed by atoms with Crippen molar-refractivity contribution < 1.29 is 18.0 Å². The topological polar surface area (TPSA) is 134 Å². The molecule has 2 aromatic carbocycles. The molecule has 3 fully saturated rings. The molecule has 47 heavy (non-hydrogen) atoms. The van der Waals surface area contributed by atoms with Crippen LogP contribution in [-0.4, -0.2) is 107 Å². The Balaban J connectivity index is 1.02. The number of hydrogen-bond acceptors (Lipinski definition) is 6. The molecule has 0 saturated carbocycles. The Morgan fingerprint density at radius 1 is 0.936 bits per heavy atom. The second kappa shape index (κ2) is 13.4. The van der Waals surface area contributed by atoms with E-state index in [-0.39, 0.29) is 18.0 Å². The zero-order valence-corrected chi connectivity index (χ0v) is 28.0. The molecule has 0 spiro atoms. The molecule has 5 heterocycles. The van der Waals surface area contributed by atoms with E-state index in [4.69, 9.17) is 0 Å². The zero-order chi connectivity index (χ0) is 32.5. The fraction of sp³-hybridized carbons (Fsp3) is 0.559. The number of rotatable bonds is 6. The second-order valence-electron chi connectivity index (χ2n) is 13.6. The summed E-state index contributed by atoms with van der Waals surface area (Å²) in [6.07, 6.45) is 8.94. The molecule has 0 aliphatic carbocycles. The van der Waals surface area contributed by atoms with E-state index in [1.807, 2.05) is 36.1 Å². The highest BCUT2D eigenvalue weighted by atomic mass is 32.2. The monoisotopic (exact) mass is 662 g/mol. The van der Waals surface area contributed by atoms with Gasteiger partial charge in [-0.25, -0.2) is 4.79 Å². The predicted octanol–water partition coefficient (Wildman–Crippen LogP) is 3.61. The number of nitrogens with one attached hydrogen (secondary N) is 3. The molecule has 1 aromatic heterocycles. The number of aryl methyl sites for hydroxylation is 1. The lowest BCUT2D eigenvalue weighted by molar-refractivity contribution is -0.134. The summed E-state index contributed by atoms with van der Waals surface area (Å²) in [6.45, 7) is 6.84. The van der Waals surface area contributed by atoms with Crippen LogP contribution in [0.3, 0.4) is 0 Å². The van der Waals surface area contributed by atoms with E-state index in [1.54, 1.807) is 17.2 Å². The predicted molar refractivity (Wildman–Crippen MR) is 181 cm³/mol. The third-order valence-corrected chi connectivity index (χ3v) is 12.1. The standard InChI is InChI=1S/C34H46N8O4S/c1-24-19-25(20-27-22-35-37-32(24)27)21-31(33(43)40-15-9-28(10-16-40)39-13-5-2-6-14-39)36-34(44)41-17-11-29(12-18-41)42-23-26-7-3-4-8-30(26)38-47(42,45)46/h3-4,7-8,19-20,22,28-29,31,38H,2,5-6,9-18,21,23H2,1H3,(H,35,37)(H,36,44). The summed E-state index contributed by atoms with van der Waals surface area (Å²) >= 11 is 0. The van der Waals surface area contributed by atoms with Gasteiger partial charge < -0.3 is 20.0 Å². The second-order valence-corrected chi connectivity index (χ2v) is 15.3. The maximum atomic E-state index is 14.1. The summed E-state index contributed by atoms with van der Waals surface area (Å²) < 4.78 is 30.4. The summed E-state index contributed by atoms with van der Waals surface area (Å²) in [5, 5.41) is 11.3. The number of benzene rings is 2. The van der Waals surface area contributed by atoms with Gasteiger partial charge in [-0.05, 0) is 87.4 Å². The van der Waals surface area contributed by atoms with Gasteiger partial charge in [-0.15, -0.1) is 0 Å². The smallest absolute Gasteiger partial charge is 0.318 e. The van der Waals surface area contributed by atoms with Crippen LogP contribution in [0.15, 0.2) is 42.6 Å². The van der Waals surface area contributed by atoms with Gasteiger partial charge in [0, 0.05) is 56.6 Å². The number of anilines is 1. The van der Waals surface area contributed by atoms with Gasteiger partial charge in [-0.3, -0.25) is 14.6 Å². The highest BCUT2D eigenvalue weighted by molar-refractivity contribution is 7.90. The van der Waals surface area contributed by atoms with Gasteiger partial charge in [0.05, 0.1) is 17.4 Å². The molecule has 252 valence electrons. The lowest BCUT2D eigenvalue weighted by Gasteiger charge is -2.41. The average Bonchev–Trinajstić information content (AvgIpc) is 3.57. The van der Waals surface area contributed by atoms with Crippen molar-refractivity contribution in [1.82, 2.24) is 34.5 Å². The summed E-state index contributed by atoms with van der Waals surface area (Å²) in [5.74, 6) is -0.0422. The molecular formula is C34H46N8O4S. The van der Waals surface area contributed by atoms with Crippen molar-refractivity contribution in [3.05, 3.63) is 59.3 Å². The lowest BCUT2D eigenvalue weighted by Crippen LogP contribution is -2.57. The number of para-hydroxylation sites is 1. The molecule has 4 aliphatic rings. The number of carbonyl (C=O) groups is 2. The maximum absolute atomic E-state index is 14.1. The van der Waals surface area contributed by atoms with Crippen molar-refractivity contribution in [3.63, 3.8) is 0 Å². The van der Waals surface area contributed by atoms with Crippen LogP contribution in [0, 0.1) is 6.92 Å². The van der Waals surface area contributed by atoms with Gasteiger partial charge in [-0.2, -0.15) is 17.8 Å². The van der Waals surface area contributed by atoms with Crippen LogP contribution in [0.2, 0.25) is 0 Å². The minimum absolute atomic E-state index is 0.0422. The Hall–Kier alpha value is -3.68. The summed E-state index contributed by atoms with van der Waals surface area (Å²) in [5.41, 5.74) is 4.54. The SMILES string of the molecule is Cc1cc(CC(NC(=O)N2CCC(N3Cc4ccccc4NS3(=O)=O)CC2)C(=O)N2CCC(N3CCCCC3)CC2)cc2cn[nH]c12. The number of amides is 3. The number of likely N-dealkylation sites (tertiary alicyclic amines) is 3. The number of nitrogens with zero attached hydrogens (tertiary/aromatic N) is 5. The normalized spacial score (nSPS) is 22.1. The molecule has 0 bridgehead atoms. The molecule has 3 aromatic rings. The number of H-pyrrole nitrogens is 1. The molecule has 3 amide bonds. The van der Waals surface area contributed by atoms with Crippen LogP contribution in [0.25, 0.3) is 10.9 Å². The van der Waals surface area contributed by atoms with E-state index in [0.717, 1.165) is 53.5 Å². The first kappa shape index (κ1) is 31.9. The van der Waals surface area contributed by atoms with Crippen LogP contribution in [-0.2, 0) is 28.0 Å². The Morgan fingerprint density at radius 2 is 1.64 bits per heavy atom. The Kier molecular flexibility index (Phi) is 9.12. The Labute approximate surface area is 277 Å². The summed E-state index contributed by atoms with van der Waals surface area (Å²) in [7, 11) is -3.67. The van der Waals surface area contributed by atoms with Crippen LogP contribution < -0.4 is 10.0 Å². The van der Waals surface area contributed by atoms with E-state index in [2.05, 4.69) is 31.2 Å². The molecule has 13 heteroatoms. The van der Waals surface area contributed by atoms with E-state index >= 15 is 0 Å². The number of carbonyl (C=O) groups excluding carboxylic acids is 2. The highest BCUT2D eigenvalue weighted by Gasteiger charge is 2.38. The number of piperidine rings is 3. The molecule has 1 atom stereocenters. The van der Waals surface area contributed by atoms with Crippen LogP contribution in [0.5, 0.6) is 0 Å². The third kappa shape index (κ3) is 6.84. The Bertz CT molecular complexity index is 1710. The van der Waals surface area contributed by atoms with Crippen molar-refractivity contribution in [2.45, 2.75) is 83.0 Å². The fourth-order valence-corrected chi connectivity index (χ4v) is 9.46. The van der Waals surface area contributed by atoms with Crippen molar-refractivity contribution in [1.29, 1.82) is 0 Å². The molecule has 7 rings (SSSR count). The summed E-state index contributed by atoms with van der Waals surface area (Å²) in [6, 6.07) is 10.9. The first-order valence-electron chi connectivity index (χ1n) is 17.1. The fourth-order valence-electron chi connectivity index (χ4n) is 7.95. The number of urea groups is 1. The van der Waals surface area contributed by atoms with Crippen molar-refractivity contribution in [3.8, 4) is 0 Å². The minimum atomic E-state index is -3.67. The molecular weight excluding hydrogens is 616 g/mol.